The molecule has 0 aliphatic carbocycles. The van der Waals surface area contributed by atoms with E-state index in [4.69, 9.17) is 17.3 Å². The molecule has 0 aromatic carbocycles. The van der Waals surface area contributed by atoms with Crippen molar-refractivity contribution >= 4 is 17.4 Å². The van der Waals surface area contributed by atoms with Crippen LogP contribution in [0.25, 0.3) is 0 Å². The van der Waals surface area contributed by atoms with Crippen molar-refractivity contribution in [2.45, 2.75) is 13.5 Å². The van der Waals surface area contributed by atoms with Gasteiger partial charge < -0.3 is 10.6 Å². The predicted octanol–water partition coefficient (Wildman–Crippen LogP) is 1.65. The first-order valence-electron chi connectivity index (χ1n) is 4.25. The lowest BCUT2D eigenvalue weighted by atomic mass is 10.3. The highest BCUT2D eigenvalue weighted by Gasteiger charge is 2.06. The van der Waals surface area contributed by atoms with Crippen molar-refractivity contribution < 1.29 is 0 Å². The average Bonchev–Trinajstić information content (AvgIpc) is 2.17. The predicted molar refractivity (Wildman–Crippen MR) is 56.1 cm³/mol. The molecule has 1 aromatic heterocycles. The van der Waals surface area contributed by atoms with E-state index in [9.17, 15) is 0 Å². The molecule has 0 aliphatic heterocycles. The smallest absolute Gasteiger partial charge is 0.147 e. The zero-order valence-electron chi connectivity index (χ0n) is 7.92. The van der Waals surface area contributed by atoms with E-state index in [-0.39, 0.29) is 0 Å². The van der Waals surface area contributed by atoms with Crippen LogP contribution < -0.4 is 10.6 Å². The van der Waals surface area contributed by atoms with Gasteiger partial charge in [0.25, 0.3) is 0 Å². The molecule has 0 radical (unpaired) electrons. The Kier molecular flexibility index (Phi) is 3.51. The molecule has 0 spiro atoms. The second kappa shape index (κ2) is 4.44. The van der Waals surface area contributed by atoms with Crippen molar-refractivity contribution in [3.8, 4) is 0 Å². The van der Waals surface area contributed by atoms with E-state index in [0.717, 1.165) is 18.1 Å². The van der Waals surface area contributed by atoms with Gasteiger partial charge in [0.2, 0.25) is 0 Å². The molecule has 1 rings (SSSR count). The van der Waals surface area contributed by atoms with Crippen LogP contribution in [0.4, 0.5) is 5.82 Å². The molecule has 1 heterocycles. The largest absolute Gasteiger partial charge is 0.359 e. The van der Waals surface area contributed by atoms with Gasteiger partial charge in [-0.2, -0.15) is 0 Å². The average molecular weight is 200 g/mol. The molecule has 0 fully saturated rings. The minimum Gasteiger partial charge on any atom is -0.359 e. The molecular formula is C9H14ClN3. The highest BCUT2D eigenvalue weighted by atomic mass is 35.5. The van der Waals surface area contributed by atoms with Gasteiger partial charge >= 0.3 is 0 Å². The molecule has 0 bridgehead atoms. The summed E-state index contributed by atoms with van der Waals surface area (Å²) in [7, 11) is 1.95. The van der Waals surface area contributed by atoms with Crippen molar-refractivity contribution in [1.82, 2.24) is 4.98 Å². The van der Waals surface area contributed by atoms with Gasteiger partial charge in [0.1, 0.15) is 5.82 Å². The summed E-state index contributed by atoms with van der Waals surface area (Å²) in [5.74, 6) is 0.798. The molecule has 13 heavy (non-hydrogen) atoms. The molecule has 0 unspecified atom stereocenters. The van der Waals surface area contributed by atoms with Crippen LogP contribution in [0.3, 0.4) is 0 Å². The van der Waals surface area contributed by atoms with Crippen molar-refractivity contribution in [1.29, 1.82) is 0 Å². The fourth-order valence-electron chi connectivity index (χ4n) is 1.00. The van der Waals surface area contributed by atoms with Gasteiger partial charge in [0, 0.05) is 20.1 Å². The third-order valence-corrected chi connectivity index (χ3v) is 2.23. The third-order valence-electron chi connectivity index (χ3n) is 1.93. The number of pyridine rings is 1. The van der Waals surface area contributed by atoms with Crippen molar-refractivity contribution in [2.75, 3.05) is 18.5 Å². The van der Waals surface area contributed by atoms with Crippen LogP contribution in [0.1, 0.15) is 12.6 Å². The zero-order valence-corrected chi connectivity index (χ0v) is 8.67. The standard InChI is InChI=1S/C9H14ClN3/c1-3-13(2)9-8(10)5-4-7(6-11)12-9/h4-5H,3,6,11H2,1-2H3. The molecule has 2 N–H and O–H groups in total. The minimum absolute atomic E-state index is 0.446. The maximum atomic E-state index is 5.98. The molecule has 72 valence electrons. The van der Waals surface area contributed by atoms with E-state index in [2.05, 4.69) is 4.98 Å². The Morgan fingerprint density at radius 3 is 2.77 bits per heavy atom. The first-order chi connectivity index (χ1) is 6.19. The molecule has 0 saturated carbocycles. The zero-order chi connectivity index (χ0) is 9.84. The fraction of sp³-hybridized carbons (Fsp3) is 0.444. The summed E-state index contributed by atoms with van der Waals surface area (Å²) in [6.07, 6.45) is 0. The maximum Gasteiger partial charge on any atom is 0.147 e. The van der Waals surface area contributed by atoms with Gasteiger partial charge in [-0.05, 0) is 19.1 Å². The third kappa shape index (κ3) is 2.32. The first-order valence-corrected chi connectivity index (χ1v) is 4.63. The van der Waals surface area contributed by atoms with Gasteiger partial charge in [0.05, 0.1) is 10.7 Å². The summed E-state index contributed by atoms with van der Waals surface area (Å²) in [5, 5.41) is 0.668. The summed E-state index contributed by atoms with van der Waals surface area (Å²) < 4.78 is 0. The van der Waals surface area contributed by atoms with Gasteiger partial charge in [-0.3, -0.25) is 0 Å². The van der Waals surface area contributed by atoms with E-state index in [1.807, 2.05) is 31.0 Å². The lowest BCUT2D eigenvalue weighted by molar-refractivity contribution is 0.908. The van der Waals surface area contributed by atoms with Gasteiger partial charge in [0.15, 0.2) is 0 Å². The summed E-state index contributed by atoms with van der Waals surface area (Å²) >= 11 is 5.98. The number of halogens is 1. The SMILES string of the molecule is CCN(C)c1nc(CN)ccc1Cl. The highest BCUT2D eigenvalue weighted by Crippen LogP contribution is 2.22. The summed E-state index contributed by atoms with van der Waals surface area (Å²) in [6.45, 7) is 3.37. The minimum atomic E-state index is 0.446. The van der Waals surface area contributed by atoms with Crippen molar-refractivity contribution in [3.63, 3.8) is 0 Å². The normalized spacial score (nSPS) is 10.2. The Balaban J connectivity index is 3.03. The second-order valence-corrected chi connectivity index (χ2v) is 3.23. The van der Waals surface area contributed by atoms with E-state index in [1.54, 1.807) is 0 Å². The maximum absolute atomic E-state index is 5.98. The summed E-state index contributed by atoms with van der Waals surface area (Å²) in [5.41, 5.74) is 6.35. The van der Waals surface area contributed by atoms with E-state index in [0.29, 0.717) is 11.6 Å². The molecule has 1 aromatic rings. The quantitative estimate of drug-likeness (QED) is 0.805. The number of anilines is 1. The fourth-order valence-corrected chi connectivity index (χ4v) is 1.25. The van der Waals surface area contributed by atoms with Crippen LogP contribution >= 0.6 is 11.6 Å². The van der Waals surface area contributed by atoms with Gasteiger partial charge in [-0.25, -0.2) is 4.98 Å². The second-order valence-electron chi connectivity index (χ2n) is 2.83. The van der Waals surface area contributed by atoms with Crippen LogP contribution in [0.5, 0.6) is 0 Å². The van der Waals surface area contributed by atoms with Crippen LogP contribution in [-0.4, -0.2) is 18.6 Å². The van der Waals surface area contributed by atoms with Crippen LogP contribution in [-0.2, 0) is 6.54 Å². The molecule has 0 atom stereocenters. The molecule has 0 amide bonds. The van der Waals surface area contributed by atoms with E-state index >= 15 is 0 Å². The molecule has 0 saturated heterocycles. The lowest BCUT2D eigenvalue weighted by Gasteiger charge is -2.17. The van der Waals surface area contributed by atoms with E-state index < -0.39 is 0 Å². The van der Waals surface area contributed by atoms with Crippen molar-refractivity contribution in [2.24, 2.45) is 5.73 Å². The van der Waals surface area contributed by atoms with Crippen LogP contribution in [0.2, 0.25) is 5.02 Å². The van der Waals surface area contributed by atoms with Gasteiger partial charge in [-0.1, -0.05) is 11.6 Å². The number of aromatic nitrogens is 1. The number of hydrogen-bond donors (Lipinski definition) is 1. The number of nitrogens with zero attached hydrogens (tertiary/aromatic N) is 2. The number of nitrogens with two attached hydrogens (primary N) is 1. The monoisotopic (exact) mass is 199 g/mol. The first kappa shape index (κ1) is 10.3. The molecule has 4 heteroatoms. The Bertz CT molecular complexity index is 288. The summed E-state index contributed by atoms with van der Waals surface area (Å²) in [4.78, 5) is 6.32. The Morgan fingerprint density at radius 2 is 2.23 bits per heavy atom. The molecular weight excluding hydrogens is 186 g/mol. The van der Waals surface area contributed by atoms with Crippen molar-refractivity contribution in [3.05, 3.63) is 22.8 Å². The summed E-state index contributed by atoms with van der Waals surface area (Å²) in [6, 6.07) is 3.67. The molecule has 3 nitrogen and oxygen atoms in total. The van der Waals surface area contributed by atoms with Gasteiger partial charge in [-0.15, -0.1) is 0 Å². The topological polar surface area (TPSA) is 42.2 Å². The molecule has 0 aliphatic rings. The Labute approximate surface area is 83.5 Å². The Morgan fingerprint density at radius 1 is 1.54 bits per heavy atom. The van der Waals surface area contributed by atoms with E-state index in [1.165, 1.54) is 0 Å². The number of rotatable bonds is 3. The van der Waals surface area contributed by atoms with Crippen LogP contribution in [0, 0.1) is 0 Å². The highest BCUT2D eigenvalue weighted by molar-refractivity contribution is 6.32. The van der Waals surface area contributed by atoms with Crippen LogP contribution in [0.15, 0.2) is 12.1 Å². The Hall–Kier alpha value is -0.800. The number of hydrogen-bond acceptors (Lipinski definition) is 3. The lowest BCUT2D eigenvalue weighted by Crippen LogP contribution is -2.18.